The van der Waals surface area contributed by atoms with Crippen molar-refractivity contribution >= 4 is 11.8 Å². The van der Waals surface area contributed by atoms with E-state index in [2.05, 4.69) is 10.2 Å². The molecule has 7 heteroatoms. The number of H-pyrrole nitrogens is 1. The molecule has 0 unspecified atom stereocenters. The molecule has 2 aromatic rings. The van der Waals surface area contributed by atoms with Crippen LogP contribution in [0, 0.1) is 0 Å². The molecule has 21 heavy (non-hydrogen) atoms. The highest BCUT2D eigenvalue weighted by atomic mass is 32.2. The van der Waals surface area contributed by atoms with E-state index in [1.807, 2.05) is 25.1 Å². The van der Waals surface area contributed by atoms with Gasteiger partial charge in [-0.05, 0) is 43.7 Å². The number of aromatic nitrogens is 3. The maximum absolute atomic E-state index is 11.8. The number of methoxy groups -OCH3 is 1. The van der Waals surface area contributed by atoms with Gasteiger partial charge in [0.15, 0.2) is 5.16 Å². The lowest BCUT2D eigenvalue weighted by Crippen LogP contribution is -2.16. The van der Waals surface area contributed by atoms with Gasteiger partial charge in [-0.25, -0.2) is 9.89 Å². The Kier molecular flexibility index (Phi) is 3.77. The largest absolute Gasteiger partial charge is 0.496 e. The third kappa shape index (κ3) is 2.71. The molecular formula is C14H18N4O2S. The van der Waals surface area contributed by atoms with Crippen LogP contribution in [0.4, 0.5) is 0 Å². The van der Waals surface area contributed by atoms with E-state index < -0.39 is 0 Å². The SMILES string of the molecule is COc1cccc(Sc2n[nH]c(=O)n2C2CC2)c1[C@H](C)N. The highest BCUT2D eigenvalue weighted by Gasteiger charge is 2.29. The lowest BCUT2D eigenvalue weighted by Gasteiger charge is -2.16. The molecule has 0 spiro atoms. The van der Waals surface area contributed by atoms with Gasteiger partial charge in [0, 0.05) is 22.5 Å². The number of aromatic amines is 1. The van der Waals surface area contributed by atoms with Crippen molar-refractivity contribution in [3.63, 3.8) is 0 Å². The van der Waals surface area contributed by atoms with Crippen LogP contribution in [-0.2, 0) is 0 Å². The second kappa shape index (κ2) is 5.57. The van der Waals surface area contributed by atoms with Crippen molar-refractivity contribution in [1.82, 2.24) is 14.8 Å². The second-order valence-electron chi connectivity index (χ2n) is 5.18. The first-order valence-electron chi connectivity index (χ1n) is 6.89. The van der Waals surface area contributed by atoms with Gasteiger partial charge < -0.3 is 10.5 Å². The molecule has 1 aliphatic rings. The minimum Gasteiger partial charge on any atom is -0.496 e. The van der Waals surface area contributed by atoms with E-state index >= 15 is 0 Å². The minimum atomic E-state index is -0.163. The Bertz CT molecular complexity index is 703. The minimum absolute atomic E-state index is 0.148. The predicted molar refractivity (Wildman–Crippen MR) is 80.8 cm³/mol. The van der Waals surface area contributed by atoms with E-state index in [0.29, 0.717) is 5.16 Å². The Morgan fingerprint density at radius 1 is 1.52 bits per heavy atom. The van der Waals surface area contributed by atoms with Crippen molar-refractivity contribution in [3.8, 4) is 5.75 Å². The number of hydrogen-bond donors (Lipinski definition) is 2. The summed E-state index contributed by atoms with van der Waals surface area (Å²) in [4.78, 5) is 12.8. The highest BCUT2D eigenvalue weighted by Crippen LogP contribution is 2.40. The molecule has 1 saturated carbocycles. The van der Waals surface area contributed by atoms with Crippen molar-refractivity contribution in [2.45, 2.75) is 41.9 Å². The second-order valence-corrected chi connectivity index (χ2v) is 6.18. The molecule has 0 aliphatic heterocycles. The van der Waals surface area contributed by atoms with Gasteiger partial charge in [0.05, 0.1) is 7.11 Å². The summed E-state index contributed by atoms with van der Waals surface area (Å²) in [6.45, 7) is 1.92. The van der Waals surface area contributed by atoms with Crippen LogP contribution in [0.5, 0.6) is 5.75 Å². The van der Waals surface area contributed by atoms with Crippen LogP contribution in [0.1, 0.15) is 37.4 Å². The summed E-state index contributed by atoms with van der Waals surface area (Å²) < 4.78 is 7.12. The maximum atomic E-state index is 11.8. The zero-order valence-electron chi connectivity index (χ0n) is 12.0. The van der Waals surface area contributed by atoms with Crippen LogP contribution < -0.4 is 16.2 Å². The van der Waals surface area contributed by atoms with Crippen molar-refractivity contribution in [1.29, 1.82) is 0 Å². The summed E-state index contributed by atoms with van der Waals surface area (Å²) in [5.74, 6) is 0.755. The van der Waals surface area contributed by atoms with Gasteiger partial charge in [-0.3, -0.25) is 4.57 Å². The Labute approximate surface area is 126 Å². The van der Waals surface area contributed by atoms with Crippen LogP contribution >= 0.6 is 11.8 Å². The number of nitrogens with one attached hydrogen (secondary N) is 1. The molecule has 112 valence electrons. The Morgan fingerprint density at radius 3 is 2.90 bits per heavy atom. The summed E-state index contributed by atoms with van der Waals surface area (Å²) in [7, 11) is 1.63. The molecule has 1 atom stereocenters. The smallest absolute Gasteiger partial charge is 0.344 e. The van der Waals surface area contributed by atoms with E-state index in [-0.39, 0.29) is 17.8 Å². The molecule has 1 aliphatic carbocycles. The average Bonchev–Trinajstić information content (AvgIpc) is 3.23. The molecule has 3 rings (SSSR count). The average molecular weight is 306 g/mol. The first-order chi connectivity index (χ1) is 10.1. The van der Waals surface area contributed by atoms with Crippen LogP contribution in [0.3, 0.4) is 0 Å². The molecule has 0 saturated heterocycles. The van der Waals surface area contributed by atoms with Crippen LogP contribution in [-0.4, -0.2) is 21.9 Å². The number of ether oxygens (including phenoxy) is 1. The van der Waals surface area contributed by atoms with E-state index in [9.17, 15) is 4.79 Å². The third-order valence-electron chi connectivity index (χ3n) is 3.49. The Hall–Kier alpha value is -1.73. The van der Waals surface area contributed by atoms with Gasteiger partial charge in [0.25, 0.3) is 0 Å². The molecule has 1 aromatic carbocycles. The molecular weight excluding hydrogens is 288 g/mol. The summed E-state index contributed by atoms with van der Waals surface area (Å²) in [5, 5.41) is 7.34. The van der Waals surface area contributed by atoms with Crippen molar-refractivity contribution in [3.05, 3.63) is 34.2 Å². The monoisotopic (exact) mass is 306 g/mol. The fourth-order valence-electron chi connectivity index (χ4n) is 2.36. The number of hydrogen-bond acceptors (Lipinski definition) is 5. The number of nitrogens with zero attached hydrogens (tertiary/aromatic N) is 2. The normalized spacial score (nSPS) is 16.0. The molecule has 0 bridgehead atoms. The summed E-state index contributed by atoms with van der Waals surface area (Å²) in [6, 6.07) is 5.90. The molecule has 3 N–H and O–H groups in total. The molecule has 0 radical (unpaired) electrons. The molecule has 1 fully saturated rings. The maximum Gasteiger partial charge on any atom is 0.344 e. The van der Waals surface area contributed by atoms with Crippen LogP contribution in [0.25, 0.3) is 0 Å². The van der Waals surface area contributed by atoms with Crippen molar-refractivity contribution in [2.24, 2.45) is 5.73 Å². The van der Waals surface area contributed by atoms with Gasteiger partial charge in [0.2, 0.25) is 0 Å². The van der Waals surface area contributed by atoms with Crippen LogP contribution in [0.2, 0.25) is 0 Å². The highest BCUT2D eigenvalue weighted by molar-refractivity contribution is 7.99. The number of benzene rings is 1. The first-order valence-corrected chi connectivity index (χ1v) is 7.70. The summed E-state index contributed by atoms with van der Waals surface area (Å²) in [5.41, 5.74) is 6.86. The van der Waals surface area contributed by atoms with Crippen molar-refractivity contribution < 1.29 is 4.74 Å². The molecule has 6 nitrogen and oxygen atoms in total. The Balaban J connectivity index is 2.00. The van der Waals surface area contributed by atoms with E-state index in [4.69, 9.17) is 10.5 Å². The standard InChI is InChI=1S/C14H18N4O2S/c1-8(15)12-10(20-2)4-3-5-11(12)21-14-17-16-13(19)18(14)9-6-7-9/h3-5,8-9H,6-7,15H2,1-2H3,(H,16,19)/t8-/m0/s1. The fourth-order valence-corrected chi connectivity index (χ4v) is 3.52. The van der Waals surface area contributed by atoms with E-state index in [1.54, 1.807) is 11.7 Å². The number of rotatable bonds is 5. The van der Waals surface area contributed by atoms with Gasteiger partial charge in [0.1, 0.15) is 5.75 Å². The van der Waals surface area contributed by atoms with E-state index in [1.165, 1.54) is 11.8 Å². The topological polar surface area (TPSA) is 85.9 Å². The zero-order valence-corrected chi connectivity index (χ0v) is 12.8. The third-order valence-corrected chi connectivity index (χ3v) is 4.53. The zero-order chi connectivity index (χ0) is 15.0. The van der Waals surface area contributed by atoms with Gasteiger partial charge in [-0.15, -0.1) is 5.10 Å². The molecule has 1 aromatic heterocycles. The quantitative estimate of drug-likeness (QED) is 0.883. The lowest BCUT2D eigenvalue weighted by molar-refractivity contribution is 0.405. The first kappa shape index (κ1) is 14.2. The molecule has 1 heterocycles. The fraction of sp³-hybridized carbons (Fsp3) is 0.429. The van der Waals surface area contributed by atoms with Gasteiger partial charge >= 0.3 is 5.69 Å². The predicted octanol–water partition coefficient (Wildman–Crippen LogP) is 2.09. The van der Waals surface area contributed by atoms with Gasteiger partial charge in [-0.2, -0.15) is 0 Å². The van der Waals surface area contributed by atoms with Crippen LogP contribution in [0.15, 0.2) is 33.0 Å². The summed E-state index contributed by atoms with van der Waals surface area (Å²) in [6.07, 6.45) is 2.07. The van der Waals surface area contributed by atoms with Gasteiger partial charge in [-0.1, -0.05) is 6.07 Å². The molecule has 0 amide bonds. The lowest BCUT2D eigenvalue weighted by atomic mass is 10.1. The van der Waals surface area contributed by atoms with E-state index in [0.717, 1.165) is 29.1 Å². The summed E-state index contributed by atoms with van der Waals surface area (Å²) >= 11 is 1.45. The number of nitrogens with two attached hydrogens (primary N) is 1. The van der Waals surface area contributed by atoms with Crippen molar-refractivity contribution in [2.75, 3.05) is 7.11 Å². The Morgan fingerprint density at radius 2 is 2.29 bits per heavy atom.